The molecule has 1 atom stereocenters. The lowest BCUT2D eigenvalue weighted by Gasteiger charge is -2.29. The van der Waals surface area contributed by atoms with E-state index in [1.165, 1.54) is 17.6 Å². The van der Waals surface area contributed by atoms with Crippen molar-refractivity contribution in [3.05, 3.63) is 54.6 Å². The van der Waals surface area contributed by atoms with Gasteiger partial charge in [0.05, 0.1) is 24.7 Å². The highest BCUT2D eigenvalue weighted by atomic mass is 32.2. The minimum atomic E-state index is -4.42. The van der Waals surface area contributed by atoms with Gasteiger partial charge in [0.1, 0.15) is 6.04 Å². The van der Waals surface area contributed by atoms with E-state index >= 15 is 0 Å². The SMILES string of the molecule is O=C(O)NCCC(C(=O)NO)N(OCCOCCN1CCNCC1)S(=O)(=O)c1ccc(-c2ccccc2)cc1. The summed E-state index contributed by atoms with van der Waals surface area (Å²) in [5.41, 5.74) is 3.12. The molecular weight excluding hydrogens is 530 g/mol. The topological polar surface area (TPSA) is 170 Å². The molecule has 0 aliphatic carbocycles. The van der Waals surface area contributed by atoms with Crippen LogP contribution < -0.4 is 16.1 Å². The molecule has 5 N–H and O–H groups in total. The van der Waals surface area contributed by atoms with Gasteiger partial charge in [-0.1, -0.05) is 46.9 Å². The average Bonchev–Trinajstić information content (AvgIpc) is 2.96. The summed E-state index contributed by atoms with van der Waals surface area (Å²) in [6.45, 7) is 4.36. The average molecular weight is 566 g/mol. The lowest BCUT2D eigenvalue weighted by molar-refractivity contribution is -0.159. The molecule has 0 saturated carbocycles. The number of ether oxygens (including phenoxy) is 1. The van der Waals surface area contributed by atoms with E-state index in [0.717, 1.165) is 37.3 Å². The number of amides is 2. The molecule has 3 rings (SSSR count). The van der Waals surface area contributed by atoms with E-state index in [1.54, 1.807) is 12.1 Å². The molecule has 0 aromatic heterocycles. The predicted molar refractivity (Wildman–Crippen MR) is 141 cm³/mol. The third-order valence-electron chi connectivity index (χ3n) is 6.07. The van der Waals surface area contributed by atoms with Crippen LogP contribution >= 0.6 is 0 Å². The van der Waals surface area contributed by atoms with Gasteiger partial charge in [0, 0.05) is 39.3 Å². The van der Waals surface area contributed by atoms with Gasteiger partial charge < -0.3 is 20.5 Å². The van der Waals surface area contributed by atoms with E-state index in [0.29, 0.717) is 17.6 Å². The van der Waals surface area contributed by atoms with Crippen molar-refractivity contribution in [3.63, 3.8) is 0 Å². The quantitative estimate of drug-likeness (QED) is 0.118. The molecule has 14 heteroatoms. The van der Waals surface area contributed by atoms with Crippen molar-refractivity contribution in [1.82, 2.24) is 25.5 Å². The van der Waals surface area contributed by atoms with Crippen LogP contribution in [0.2, 0.25) is 0 Å². The molecule has 1 unspecified atom stereocenters. The molecule has 214 valence electrons. The smallest absolute Gasteiger partial charge is 0.404 e. The van der Waals surface area contributed by atoms with Gasteiger partial charge in [-0.25, -0.2) is 18.7 Å². The predicted octanol–water partition coefficient (Wildman–Crippen LogP) is 0.729. The summed E-state index contributed by atoms with van der Waals surface area (Å²) in [6.07, 6.45) is -1.65. The van der Waals surface area contributed by atoms with Gasteiger partial charge in [0.15, 0.2) is 0 Å². The molecular formula is C25H35N5O8S. The largest absolute Gasteiger partial charge is 0.465 e. The zero-order valence-corrected chi connectivity index (χ0v) is 22.3. The second-order valence-corrected chi connectivity index (χ2v) is 10.5. The van der Waals surface area contributed by atoms with Crippen molar-refractivity contribution in [1.29, 1.82) is 0 Å². The van der Waals surface area contributed by atoms with Crippen LogP contribution in [0, 0.1) is 0 Å². The van der Waals surface area contributed by atoms with Crippen LogP contribution in [0.15, 0.2) is 59.5 Å². The van der Waals surface area contributed by atoms with Crippen LogP contribution in [0.3, 0.4) is 0 Å². The van der Waals surface area contributed by atoms with Gasteiger partial charge in [-0.3, -0.25) is 19.7 Å². The molecule has 0 spiro atoms. The Morgan fingerprint density at radius 2 is 1.67 bits per heavy atom. The van der Waals surface area contributed by atoms with E-state index in [-0.39, 0.29) is 31.1 Å². The van der Waals surface area contributed by atoms with Gasteiger partial charge >= 0.3 is 6.09 Å². The first-order chi connectivity index (χ1) is 18.8. The first-order valence-electron chi connectivity index (χ1n) is 12.6. The Bertz CT molecular complexity index is 1140. The van der Waals surface area contributed by atoms with E-state index < -0.39 is 28.1 Å². The normalized spacial score (nSPS) is 15.1. The molecule has 13 nitrogen and oxygen atoms in total. The summed E-state index contributed by atoms with van der Waals surface area (Å²) in [5.74, 6) is -1.08. The van der Waals surface area contributed by atoms with E-state index in [1.807, 2.05) is 30.3 Å². The Morgan fingerprint density at radius 3 is 2.31 bits per heavy atom. The van der Waals surface area contributed by atoms with E-state index in [9.17, 15) is 23.2 Å². The van der Waals surface area contributed by atoms with Crippen LogP contribution in [-0.4, -0.2) is 105 Å². The highest BCUT2D eigenvalue weighted by Crippen LogP contribution is 2.25. The van der Waals surface area contributed by atoms with Crippen molar-refractivity contribution >= 4 is 22.0 Å². The summed E-state index contributed by atoms with van der Waals surface area (Å²) in [4.78, 5) is 31.0. The number of piperazine rings is 1. The van der Waals surface area contributed by atoms with E-state index in [2.05, 4.69) is 15.5 Å². The molecule has 1 aliphatic heterocycles. The number of benzene rings is 2. The summed E-state index contributed by atoms with van der Waals surface area (Å²) in [5, 5.41) is 23.5. The Labute approximate surface area is 227 Å². The molecule has 1 saturated heterocycles. The van der Waals surface area contributed by atoms with Crippen LogP contribution in [-0.2, 0) is 24.4 Å². The fourth-order valence-corrected chi connectivity index (χ4v) is 5.46. The summed E-state index contributed by atoms with van der Waals surface area (Å²) in [6, 6.07) is 13.9. The first kappa shape index (κ1) is 30.4. The Morgan fingerprint density at radius 1 is 1.00 bits per heavy atom. The van der Waals surface area contributed by atoms with Crippen molar-refractivity contribution in [2.75, 3.05) is 59.1 Å². The maximum atomic E-state index is 13.6. The first-order valence-corrected chi connectivity index (χ1v) is 14.0. The highest BCUT2D eigenvalue weighted by Gasteiger charge is 2.37. The number of hydroxylamine groups is 2. The third kappa shape index (κ3) is 9.25. The maximum Gasteiger partial charge on any atom is 0.404 e. The van der Waals surface area contributed by atoms with Gasteiger partial charge in [0.2, 0.25) is 0 Å². The summed E-state index contributed by atoms with van der Waals surface area (Å²) < 4.78 is 33.3. The molecule has 1 fully saturated rings. The fourth-order valence-electron chi connectivity index (χ4n) is 4.02. The van der Waals surface area contributed by atoms with Gasteiger partial charge in [-0.05, 0) is 29.7 Å². The molecule has 0 radical (unpaired) electrons. The summed E-state index contributed by atoms with van der Waals surface area (Å²) in [7, 11) is -4.42. The highest BCUT2D eigenvalue weighted by molar-refractivity contribution is 7.89. The number of nitrogens with zero attached hydrogens (tertiary/aromatic N) is 2. The number of carbonyl (C=O) groups excluding carboxylic acids is 1. The number of carboxylic acid groups (broad SMARTS) is 1. The van der Waals surface area contributed by atoms with Crippen molar-refractivity contribution in [3.8, 4) is 11.1 Å². The molecule has 39 heavy (non-hydrogen) atoms. The molecule has 2 aromatic carbocycles. The van der Waals surface area contributed by atoms with Crippen LogP contribution in [0.4, 0.5) is 4.79 Å². The van der Waals surface area contributed by atoms with E-state index in [4.69, 9.17) is 14.7 Å². The number of carbonyl (C=O) groups is 2. The Hall–Kier alpha value is -3.11. The number of nitrogens with one attached hydrogen (secondary N) is 3. The zero-order chi connectivity index (χ0) is 28.1. The number of rotatable bonds is 15. The van der Waals surface area contributed by atoms with Crippen LogP contribution in [0.5, 0.6) is 0 Å². The molecule has 2 aromatic rings. The standard InChI is InChI=1S/C25H35N5O8S/c31-24(28-34)23(10-11-27-25(32)33)30(38-19-18-37-17-16-29-14-12-26-13-15-29)39(35,36)22-8-6-21(7-9-22)20-4-2-1-3-5-20/h1-9,23,26-27,34H,10-19H2,(H,28,31)(H,32,33). The third-order valence-corrected chi connectivity index (χ3v) is 7.77. The monoisotopic (exact) mass is 565 g/mol. The van der Waals surface area contributed by atoms with Gasteiger partial charge in [-0.2, -0.15) is 0 Å². The number of hydrogen-bond donors (Lipinski definition) is 5. The Kier molecular flexibility index (Phi) is 12.1. The van der Waals surface area contributed by atoms with Crippen LogP contribution in [0.1, 0.15) is 6.42 Å². The second-order valence-electron chi connectivity index (χ2n) is 8.70. The van der Waals surface area contributed by atoms with Crippen molar-refractivity contribution in [2.24, 2.45) is 0 Å². The molecule has 1 aliphatic rings. The minimum Gasteiger partial charge on any atom is -0.465 e. The second kappa shape index (κ2) is 15.5. The lowest BCUT2D eigenvalue weighted by atomic mass is 10.1. The zero-order valence-electron chi connectivity index (χ0n) is 21.5. The summed E-state index contributed by atoms with van der Waals surface area (Å²) >= 11 is 0. The fraction of sp³-hybridized carbons (Fsp3) is 0.440. The number of sulfonamides is 1. The van der Waals surface area contributed by atoms with Gasteiger partial charge in [0.25, 0.3) is 15.9 Å². The lowest BCUT2D eigenvalue weighted by Crippen LogP contribution is -2.50. The molecule has 0 bridgehead atoms. The number of hydrogen-bond acceptors (Lipinski definition) is 9. The van der Waals surface area contributed by atoms with Crippen LogP contribution in [0.25, 0.3) is 11.1 Å². The minimum absolute atomic E-state index is 0.0475. The van der Waals surface area contributed by atoms with Crippen molar-refractivity contribution < 1.29 is 37.9 Å². The maximum absolute atomic E-state index is 13.6. The molecule has 2 amide bonds. The Balaban J connectivity index is 1.73. The molecule has 1 heterocycles. The van der Waals surface area contributed by atoms with Gasteiger partial charge in [-0.15, -0.1) is 0 Å². The van der Waals surface area contributed by atoms with Crippen molar-refractivity contribution in [2.45, 2.75) is 17.4 Å².